The van der Waals surface area contributed by atoms with E-state index in [1.807, 2.05) is 0 Å². The fourth-order valence-electron chi connectivity index (χ4n) is 2.62. The number of hydrogen-bond acceptors (Lipinski definition) is 3. The van der Waals surface area contributed by atoms with Gasteiger partial charge in [-0.2, -0.15) is 13.2 Å². The number of carbonyl (C=O) groups is 2. The Morgan fingerprint density at radius 3 is 2.43 bits per heavy atom. The average Bonchev–Trinajstić information content (AvgIpc) is 3.19. The van der Waals surface area contributed by atoms with Crippen LogP contribution in [0.15, 0.2) is 71.2 Å². The van der Waals surface area contributed by atoms with E-state index >= 15 is 0 Å². The lowest BCUT2D eigenvalue weighted by Gasteiger charge is -2.07. The minimum atomic E-state index is -4.45. The molecule has 30 heavy (non-hydrogen) atoms. The first-order chi connectivity index (χ1) is 14.2. The maximum Gasteiger partial charge on any atom is 0.416 e. The molecule has 1 amide bonds. The van der Waals surface area contributed by atoms with Gasteiger partial charge in [-0.1, -0.05) is 24.3 Å². The summed E-state index contributed by atoms with van der Waals surface area (Å²) in [5, 5.41) is 11.5. The minimum absolute atomic E-state index is 0.152. The third-order valence-electron chi connectivity index (χ3n) is 4.17. The van der Waals surface area contributed by atoms with Gasteiger partial charge in [0, 0.05) is 18.2 Å². The number of aromatic carboxylic acids is 1. The van der Waals surface area contributed by atoms with Crippen molar-refractivity contribution in [1.29, 1.82) is 0 Å². The second-order valence-corrected chi connectivity index (χ2v) is 6.33. The molecule has 2 N–H and O–H groups in total. The molecular weight excluding hydrogens is 399 g/mol. The van der Waals surface area contributed by atoms with E-state index in [0.717, 1.165) is 17.7 Å². The van der Waals surface area contributed by atoms with Crippen LogP contribution in [0.4, 0.5) is 13.2 Å². The van der Waals surface area contributed by atoms with Crippen molar-refractivity contribution in [3.63, 3.8) is 0 Å². The molecule has 0 aliphatic carbocycles. The van der Waals surface area contributed by atoms with Crippen molar-refractivity contribution in [2.75, 3.05) is 0 Å². The van der Waals surface area contributed by atoms with Crippen LogP contribution in [0.3, 0.4) is 0 Å². The van der Waals surface area contributed by atoms with E-state index in [0.29, 0.717) is 5.76 Å². The maximum atomic E-state index is 12.8. The number of alkyl halides is 3. The molecule has 3 rings (SSSR count). The number of furan rings is 1. The molecule has 0 bridgehead atoms. The molecule has 2 aromatic carbocycles. The van der Waals surface area contributed by atoms with Crippen LogP contribution in [0.5, 0.6) is 0 Å². The number of halogens is 3. The Labute approximate surface area is 169 Å². The normalized spacial score (nSPS) is 11.6. The minimum Gasteiger partial charge on any atom is -0.478 e. The molecule has 0 fully saturated rings. The monoisotopic (exact) mass is 415 g/mol. The molecule has 1 aromatic heterocycles. The van der Waals surface area contributed by atoms with Crippen LogP contribution in [-0.4, -0.2) is 17.0 Å². The molecule has 0 radical (unpaired) electrons. The molecule has 5 nitrogen and oxygen atoms in total. The Hall–Kier alpha value is -3.81. The quantitative estimate of drug-likeness (QED) is 0.556. The molecule has 0 atom stereocenters. The van der Waals surface area contributed by atoms with Crippen LogP contribution < -0.4 is 5.32 Å². The Balaban J connectivity index is 1.60. The van der Waals surface area contributed by atoms with E-state index in [2.05, 4.69) is 5.32 Å². The number of carbonyl (C=O) groups excluding carboxylic acids is 1. The van der Waals surface area contributed by atoms with E-state index in [1.165, 1.54) is 42.5 Å². The van der Waals surface area contributed by atoms with Crippen LogP contribution in [0.25, 0.3) is 17.4 Å². The summed E-state index contributed by atoms with van der Waals surface area (Å²) in [6.45, 7) is 0.205. The van der Waals surface area contributed by atoms with Crippen LogP contribution >= 0.6 is 0 Å². The van der Waals surface area contributed by atoms with Crippen molar-refractivity contribution in [3.05, 3.63) is 89.2 Å². The summed E-state index contributed by atoms with van der Waals surface area (Å²) in [5.41, 5.74) is 0.383. The Kier molecular flexibility index (Phi) is 6.06. The topological polar surface area (TPSA) is 79.5 Å². The van der Waals surface area contributed by atoms with Crippen molar-refractivity contribution in [1.82, 2.24) is 5.32 Å². The number of rotatable bonds is 6. The van der Waals surface area contributed by atoms with E-state index in [1.54, 1.807) is 18.2 Å². The molecule has 1 heterocycles. The molecule has 0 spiro atoms. The number of carboxylic acid groups (broad SMARTS) is 1. The van der Waals surface area contributed by atoms with Crippen molar-refractivity contribution >= 4 is 18.0 Å². The Morgan fingerprint density at radius 1 is 1.03 bits per heavy atom. The molecule has 8 heteroatoms. The summed E-state index contributed by atoms with van der Waals surface area (Å²) >= 11 is 0. The molecule has 0 unspecified atom stereocenters. The lowest BCUT2D eigenvalue weighted by atomic mass is 10.1. The zero-order chi connectivity index (χ0) is 21.7. The Morgan fingerprint density at radius 2 is 1.77 bits per heavy atom. The largest absolute Gasteiger partial charge is 0.478 e. The van der Waals surface area contributed by atoms with Gasteiger partial charge in [0.25, 0.3) is 0 Å². The molecule has 0 aliphatic heterocycles. The van der Waals surface area contributed by atoms with Crippen molar-refractivity contribution in [2.24, 2.45) is 0 Å². The number of hydrogen-bond donors (Lipinski definition) is 2. The van der Waals surface area contributed by atoms with Crippen LogP contribution in [0, 0.1) is 0 Å². The molecular formula is C22H16F3NO4. The van der Waals surface area contributed by atoms with Crippen LogP contribution in [-0.2, 0) is 17.5 Å². The summed E-state index contributed by atoms with van der Waals surface area (Å²) in [6, 6.07) is 13.9. The van der Waals surface area contributed by atoms with Gasteiger partial charge < -0.3 is 14.8 Å². The molecule has 0 aliphatic rings. The van der Waals surface area contributed by atoms with Gasteiger partial charge in [-0.25, -0.2) is 4.79 Å². The summed E-state index contributed by atoms with van der Waals surface area (Å²) < 4.78 is 44.0. The Bertz CT molecular complexity index is 1080. The summed E-state index contributed by atoms with van der Waals surface area (Å²) in [6.07, 6.45) is -1.81. The second-order valence-electron chi connectivity index (χ2n) is 6.33. The van der Waals surface area contributed by atoms with Gasteiger partial charge >= 0.3 is 12.1 Å². The first-order valence-corrected chi connectivity index (χ1v) is 8.78. The van der Waals surface area contributed by atoms with E-state index < -0.39 is 23.6 Å². The molecule has 0 saturated carbocycles. The highest BCUT2D eigenvalue weighted by Gasteiger charge is 2.30. The lowest BCUT2D eigenvalue weighted by molar-refractivity contribution is -0.137. The molecule has 3 aromatic rings. The predicted octanol–water partition coefficient (Wildman–Crippen LogP) is 4.99. The number of benzene rings is 2. The van der Waals surface area contributed by atoms with Crippen LogP contribution in [0.2, 0.25) is 0 Å². The smallest absolute Gasteiger partial charge is 0.416 e. The maximum absolute atomic E-state index is 12.8. The third-order valence-corrected chi connectivity index (χ3v) is 4.17. The van der Waals surface area contributed by atoms with Crippen molar-refractivity contribution < 1.29 is 32.3 Å². The highest BCUT2D eigenvalue weighted by atomic mass is 19.4. The molecule has 0 saturated heterocycles. The standard InChI is InChI=1S/C22H16F3NO4/c23-22(24,25)17-3-1-2-16(12-17)19-10-8-18(30-19)9-11-20(27)26-13-14-4-6-15(7-5-14)21(28)29/h1-12H,13H2,(H,26,27)(H,28,29)/b11-9+. The predicted molar refractivity (Wildman–Crippen MR) is 103 cm³/mol. The first kappa shape index (κ1) is 20.9. The van der Waals surface area contributed by atoms with Gasteiger partial charge in [0.1, 0.15) is 11.5 Å². The lowest BCUT2D eigenvalue weighted by Crippen LogP contribution is -2.20. The average molecular weight is 415 g/mol. The van der Waals surface area contributed by atoms with E-state index in [4.69, 9.17) is 9.52 Å². The van der Waals surface area contributed by atoms with E-state index in [-0.39, 0.29) is 23.4 Å². The van der Waals surface area contributed by atoms with Gasteiger partial charge in [0.15, 0.2) is 0 Å². The van der Waals surface area contributed by atoms with Crippen molar-refractivity contribution in [3.8, 4) is 11.3 Å². The zero-order valence-electron chi connectivity index (χ0n) is 15.4. The SMILES string of the molecule is O=C(/C=C/c1ccc(-c2cccc(C(F)(F)F)c2)o1)NCc1ccc(C(=O)O)cc1. The number of nitrogens with one attached hydrogen (secondary N) is 1. The summed E-state index contributed by atoms with van der Waals surface area (Å²) in [4.78, 5) is 22.8. The van der Waals surface area contributed by atoms with Gasteiger partial charge in [0.05, 0.1) is 11.1 Å². The first-order valence-electron chi connectivity index (χ1n) is 8.78. The highest BCUT2D eigenvalue weighted by molar-refractivity contribution is 5.91. The van der Waals surface area contributed by atoms with Gasteiger partial charge in [-0.05, 0) is 48.0 Å². The van der Waals surface area contributed by atoms with Gasteiger partial charge in [0.2, 0.25) is 5.91 Å². The van der Waals surface area contributed by atoms with Crippen LogP contribution in [0.1, 0.15) is 27.2 Å². The number of amides is 1. The zero-order valence-corrected chi connectivity index (χ0v) is 15.4. The third kappa shape index (κ3) is 5.38. The fraction of sp³-hybridized carbons (Fsp3) is 0.0909. The van der Waals surface area contributed by atoms with E-state index in [9.17, 15) is 22.8 Å². The summed E-state index contributed by atoms with van der Waals surface area (Å²) in [7, 11) is 0. The van der Waals surface area contributed by atoms with Crippen molar-refractivity contribution in [2.45, 2.75) is 12.7 Å². The second kappa shape index (κ2) is 8.69. The fourth-order valence-corrected chi connectivity index (χ4v) is 2.62. The van der Waals surface area contributed by atoms with Gasteiger partial charge in [-0.3, -0.25) is 4.79 Å². The number of carboxylic acids is 1. The summed E-state index contributed by atoms with van der Waals surface area (Å²) in [5.74, 6) is -0.881. The van der Waals surface area contributed by atoms with Gasteiger partial charge in [-0.15, -0.1) is 0 Å². The molecule has 154 valence electrons. The highest BCUT2D eigenvalue weighted by Crippen LogP contribution is 2.32.